The summed E-state index contributed by atoms with van der Waals surface area (Å²) in [7, 11) is -0.146. The predicted molar refractivity (Wildman–Crippen MR) is 80.9 cm³/mol. The summed E-state index contributed by atoms with van der Waals surface area (Å²) in [6, 6.07) is 8.42. The molecule has 108 valence electrons. The Morgan fingerprint density at radius 3 is 2.55 bits per heavy atom. The summed E-state index contributed by atoms with van der Waals surface area (Å²) in [5.74, 6) is 0.681. The van der Waals surface area contributed by atoms with Crippen molar-refractivity contribution in [1.29, 1.82) is 0 Å². The number of hydrogen-bond acceptors (Lipinski definition) is 5. The molecule has 2 N–H and O–H groups in total. The molecule has 0 aliphatic carbocycles. The molecule has 0 spiro atoms. The van der Waals surface area contributed by atoms with Crippen molar-refractivity contribution in [2.45, 2.75) is 10.8 Å². The van der Waals surface area contributed by atoms with Gasteiger partial charge in [0.25, 0.3) is 10.0 Å². The first-order chi connectivity index (χ1) is 9.55. The topological polar surface area (TPSA) is 67.4 Å². The van der Waals surface area contributed by atoms with Gasteiger partial charge in [-0.05, 0) is 48.3 Å². The lowest BCUT2D eigenvalue weighted by atomic mass is 10.3. The summed E-state index contributed by atoms with van der Waals surface area (Å²) in [5, 5.41) is 4.82. The van der Waals surface area contributed by atoms with Gasteiger partial charge in [0, 0.05) is 12.2 Å². The summed E-state index contributed by atoms with van der Waals surface area (Å²) in [4.78, 5) is 0. The molecule has 1 heterocycles. The predicted octanol–water partition coefficient (Wildman–Crippen LogP) is 2.28. The van der Waals surface area contributed by atoms with E-state index in [1.807, 2.05) is 12.4 Å². The number of hydrogen-bond donors (Lipinski definition) is 2. The first-order valence-electron chi connectivity index (χ1n) is 5.94. The van der Waals surface area contributed by atoms with Crippen molar-refractivity contribution >= 4 is 27.0 Å². The Bertz CT molecular complexity index is 663. The van der Waals surface area contributed by atoms with Gasteiger partial charge in [0.05, 0.1) is 7.11 Å². The summed E-state index contributed by atoms with van der Waals surface area (Å²) < 4.78 is 32.3. The average molecular weight is 312 g/mol. The molecule has 2 rings (SSSR count). The highest BCUT2D eigenvalue weighted by Gasteiger charge is 2.16. The molecule has 5 nitrogen and oxygen atoms in total. The van der Waals surface area contributed by atoms with E-state index in [9.17, 15) is 8.42 Å². The van der Waals surface area contributed by atoms with Gasteiger partial charge in [-0.1, -0.05) is 0 Å². The molecule has 7 heteroatoms. The number of methoxy groups -OCH3 is 1. The van der Waals surface area contributed by atoms with Gasteiger partial charge in [-0.3, -0.25) is 4.72 Å². The number of anilines is 1. The van der Waals surface area contributed by atoms with Crippen LogP contribution in [0, 0.1) is 0 Å². The molecule has 2 aromatic rings. The largest absolute Gasteiger partial charge is 0.497 e. The Morgan fingerprint density at radius 2 is 1.95 bits per heavy atom. The third-order valence-electron chi connectivity index (χ3n) is 2.62. The van der Waals surface area contributed by atoms with Gasteiger partial charge in [0.2, 0.25) is 0 Å². The van der Waals surface area contributed by atoms with Gasteiger partial charge in [0.15, 0.2) is 0 Å². The van der Waals surface area contributed by atoms with Crippen LogP contribution in [0.4, 0.5) is 5.69 Å². The van der Waals surface area contributed by atoms with E-state index in [2.05, 4.69) is 10.0 Å². The molecule has 0 amide bonds. The van der Waals surface area contributed by atoms with Crippen LogP contribution in [0.2, 0.25) is 0 Å². The molecular formula is C13H16N2O3S2. The highest BCUT2D eigenvalue weighted by Crippen LogP contribution is 2.24. The van der Waals surface area contributed by atoms with Crippen molar-refractivity contribution in [2.75, 3.05) is 18.9 Å². The summed E-state index contributed by atoms with van der Waals surface area (Å²) in [5.41, 5.74) is 1.46. The summed E-state index contributed by atoms with van der Waals surface area (Å²) >= 11 is 1.21. The van der Waals surface area contributed by atoms with Crippen molar-refractivity contribution < 1.29 is 13.2 Å². The number of benzene rings is 1. The molecule has 20 heavy (non-hydrogen) atoms. The monoisotopic (exact) mass is 312 g/mol. The third kappa shape index (κ3) is 3.50. The fraction of sp³-hybridized carbons (Fsp3) is 0.231. The summed E-state index contributed by atoms with van der Waals surface area (Å²) in [6.07, 6.45) is 0. The number of ether oxygens (including phenoxy) is 1. The number of rotatable bonds is 6. The number of thiophene rings is 1. The summed E-state index contributed by atoms with van der Waals surface area (Å²) in [6.45, 7) is 0.647. The van der Waals surface area contributed by atoms with Gasteiger partial charge in [-0.2, -0.15) is 0 Å². The second-order valence-corrected chi connectivity index (χ2v) is 6.96. The van der Waals surface area contributed by atoms with Crippen LogP contribution in [-0.4, -0.2) is 22.6 Å². The van der Waals surface area contributed by atoms with E-state index in [0.717, 1.165) is 5.56 Å². The van der Waals surface area contributed by atoms with Crippen LogP contribution in [0.5, 0.6) is 5.75 Å². The molecular weight excluding hydrogens is 296 g/mol. The third-order valence-corrected chi connectivity index (χ3v) is 5.49. The second kappa shape index (κ2) is 6.25. The Morgan fingerprint density at radius 1 is 1.25 bits per heavy atom. The van der Waals surface area contributed by atoms with Crippen LogP contribution in [-0.2, 0) is 16.6 Å². The first-order valence-corrected chi connectivity index (χ1v) is 8.30. The lowest BCUT2D eigenvalue weighted by Crippen LogP contribution is -2.11. The maximum atomic E-state index is 12.2. The van der Waals surface area contributed by atoms with E-state index in [4.69, 9.17) is 4.74 Å². The van der Waals surface area contributed by atoms with E-state index in [-0.39, 0.29) is 0 Å². The minimum Gasteiger partial charge on any atom is -0.497 e. The Labute approximate surface area is 122 Å². The van der Waals surface area contributed by atoms with E-state index in [0.29, 0.717) is 22.2 Å². The van der Waals surface area contributed by atoms with Crippen molar-refractivity contribution in [3.8, 4) is 5.75 Å². The van der Waals surface area contributed by atoms with E-state index < -0.39 is 10.0 Å². The van der Waals surface area contributed by atoms with Gasteiger partial charge in [0.1, 0.15) is 9.96 Å². The molecule has 0 saturated heterocycles. The SMILES string of the molecule is CNCc1csc(S(=O)(=O)Nc2ccc(OC)cc2)c1. The minimum absolute atomic E-state index is 0.304. The Hall–Kier alpha value is -1.57. The van der Waals surface area contributed by atoms with Gasteiger partial charge in [-0.25, -0.2) is 8.42 Å². The maximum absolute atomic E-state index is 12.2. The van der Waals surface area contributed by atoms with Crippen LogP contribution < -0.4 is 14.8 Å². The zero-order valence-electron chi connectivity index (χ0n) is 11.2. The van der Waals surface area contributed by atoms with Crippen molar-refractivity contribution in [1.82, 2.24) is 5.32 Å². The first kappa shape index (κ1) is 14.8. The van der Waals surface area contributed by atoms with Crippen LogP contribution in [0.1, 0.15) is 5.56 Å². The van der Waals surface area contributed by atoms with Crippen molar-refractivity contribution in [3.05, 3.63) is 41.3 Å². The lowest BCUT2D eigenvalue weighted by molar-refractivity contribution is 0.415. The fourth-order valence-electron chi connectivity index (χ4n) is 1.66. The minimum atomic E-state index is -3.53. The second-order valence-electron chi connectivity index (χ2n) is 4.14. The highest BCUT2D eigenvalue weighted by atomic mass is 32.2. The quantitative estimate of drug-likeness (QED) is 0.859. The van der Waals surface area contributed by atoms with Crippen LogP contribution in [0.3, 0.4) is 0 Å². The molecule has 1 aromatic heterocycles. The molecule has 0 bridgehead atoms. The van der Waals surface area contributed by atoms with Gasteiger partial charge < -0.3 is 10.1 Å². The van der Waals surface area contributed by atoms with Crippen LogP contribution >= 0.6 is 11.3 Å². The zero-order chi connectivity index (χ0) is 14.6. The highest BCUT2D eigenvalue weighted by molar-refractivity contribution is 7.94. The van der Waals surface area contributed by atoms with Crippen molar-refractivity contribution in [2.24, 2.45) is 0 Å². The molecule has 0 aliphatic rings. The van der Waals surface area contributed by atoms with Crippen LogP contribution in [0.15, 0.2) is 39.9 Å². The normalized spacial score (nSPS) is 11.3. The molecule has 0 fully saturated rings. The standard InChI is InChI=1S/C13H16N2O3S2/c1-14-8-10-7-13(19-9-10)20(16,17)15-11-3-5-12(18-2)6-4-11/h3-7,9,14-15H,8H2,1-2H3. The van der Waals surface area contributed by atoms with Gasteiger partial charge in [-0.15, -0.1) is 11.3 Å². The molecule has 0 saturated carbocycles. The smallest absolute Gasteiger partial charge is 0.271 e. The number of nitrogens with one attached hydrogen (secondary N) is 2. The molecule has 0 aliphatic heterocycles. The molecule has 0 unspecified atom stereocenters. The van der Waals surface area contributed by atoms with Crippen molar-refractivity contribution in [3.63, 3.8) is 0 Å². The van der Waals surface area contributed by atoms with E-state index in [1.54, 1.807) is 37.4 Å². The molecule has 0 atom stereocenters. The zero-order valence-corrected chi connectivity index (χ0v) is 12.8. The fourth-order valence-corrected chi connectivity index (χ4v) is 3.92. The number of sulfonamides is 1. The van der Waals surface area contributed by atoms with Gasteiger partial charge >= 0.3 is 0 Å². The maximum Gasteiger partial charge on any atom is 0.271 e. The van der Waals surface area contributed by atoms with E-state index in [1.165, 1.54) is 11.3 Å². The molecule has 1 aromatic carbocycles. The lowest BCUT2D eigenvalue weighted by Gasteiger charge is -2.07. The molecule has 0 radical (unpaired) electrons. The Kier molecular flexibility index (Phi) is 4.64. The van der Waals surface area contributed by atoms with Crippen LogP contribution in [0.25, 0.3) is 0 Å². The average Bonchev–Trinajstić information content (AvgIpc) is 2.89. The Balaban J connectivity index is 2.16. The van der Waals surface area contributed by atoms with E-state index >= 15 is 0 Å².